The van der Waals surface area contributed by atoms with Crippen LogP contribution in [0.1, 0.15) is 24.0 Å². The second-order valence-corrected chi connectivity index (χ2v) is 6.66. The van der Waals surface area contributed by atoms with Crippen molar-refractivity contribution >= 4 is 29.6 Å². The Morgan fingerprint density at radius 3 is 2.64 bits per heavy atom. The number of hydrogen-bond donors (Lipinski definition) is 2. The lowest BCUT2D eigenvalue weighted by Crippen LogP contribution is -2.38. The molecular weight excluding hydrogens is 382 g/mol. The minimum Gasteiger partial charge on any atom is -0.493 e. The van der Waals surface area contributed by atoms with E-state index < -0.39 is 11.8 Å². The van der Waals surface area contributed by atoms with E-state index in [0.717, 1.165) is 18.4 Å². The average molecular weight is 402 g/mol. The number of nitrogens with zero attached hydrogens (tertiary/aromatic N) is 1. The van der Waals surface area contributed by atoms with Crippen molar-refractivity contribution in [3.05, 3.63) is 58.6 Å². The van der Waals surface area contributed by atoms with Crippen molar-refractivity contribution < 1.29 is 19.1 Å². The molecule has 8 heteroatoms. The van der Waals surface area contributed by atoms with Crippen LogP contribution in [0.3, 0.4) is 0 Å². The minimum atomic E-state index is -0.816. The Morgan fingerprint density at radius 1 is 1.21 bits per heavy atom. The van der Waals surface area contributed by atoms with Crippen molar-refractivity contribution in [3.8, 4) is 11.5 Å². The normalized spacial score (nSPS) is 13.2. The summed E-state index contributed by atoms with van der Waals surface area (Å²) in [7, 11) is 1.51. The highest BCUT2D eigenvalue weighted by Gasteiger charge is 2.26. The van der Waals surface area contributed by atoms with E-state index in [2.05, 4.69) is 15.8 Å². The van der Waals surface area contributed by atoms with Gasteiger partial charge in [-0.15, -0.1) is 0 Å². The zero-order valence-corrected chi connectivity index (χ0v) is 16.0. The molecule has 28 heavy (non-hydrogen) atoms. The SMILES string of the molecule is COc1cc(/C=N\NC(=O)C(=O)NC2CC2)cc(Cl)c1OCc1ccccc1. The molecule has 0 spiro atoms. The third kappa shape index (κ3) is 5.47. The van der Waals surface area contributed by atoms with Crippen LogP contribution in [0.2, 0.25) is 5.02 Å². The van der Waals surface area contributed by atoms with Gasteiger partial charge >= 0.3 is 11.8 Å². The summed E-state index contributed by atoms with van der Waals surface area (Å²) in [6.07, 6.45) is 3.18. The van der Waals surface area contributed by atoms with Crippen LogP contribution >= 0.6 is 11.6 Å². The van der Waals surface area contributed by atoms with E-state index in [1.807, 2.05) is 30.3 Å². The van der Waals surface area contributed by atoms with Crippen LogP contribution in [0.5, 0.6) is 11.5 Å². The Balaban J connectivity index is 1.63. The maximum atomic E-state index is 11.7. The van der Waals surface area contributed by atoms with Gasteiger partial charge in [-0.3, -0.25) is 9.59 Å². The summed E-state index contributed by atoms with van der Waals surface area (Å²) in [6, 6.07) is 13.1. The van der Waals surface area contributed by atoms with E-state index in [-0.39, 0.29) is 6.04 Å². The molecule has 7 nitrogen and oxygen atoms in total. The molecule has 1 aliphatic carbocycles. The molecule has 2 N–H and O–H groups in total. The Labute approximate surface area is 167 Å². The molecule has 0 aromatic heterocycles. The Morgan fingerprint density at radius 2 is 1.96 bits per heavy atom. The van der Waals surface area contributed by atoms with E-state index in [9.17, 15) is 9.59 Å². The molecule has 0 atom stereocenters. The minimum absolute atomic E-state index is 0.105. The first kappa shape index (κ1) is 19.7. The van der Waals surface area contributed by atoms with Crippen molar-refractivity contribution in [3.63, 3.8) is 0 Å². The number of hydrazone groups is 1. The highest BCUT2D eigenvalue weighted by atomic mass is 35.5. The number of methoxy groups -OCH3 is 1. The first-order valence-corrected chi connectivity index (χ1v) is 9.12. The van der Waals surface area contributed by atoms with Gasteiger partial charge in [0, 0.05) is 6.04 Å². The van der Waals surface area contributed by atoms with Gasteiger partial charge in [0.2, 0.25) is 0 Å². The largest absolute Gasteiger partial charge is 0.493 e. The van der Waals surface area contributed by atoms with Crippen LogP contribution in [0.4, 0.5) is 0 Å². The maximum Gasteiger partial charge on any atom is 0.329 e. The predicted molar refractivity (Wildman–Crippen MR) is 106 cm³/mol. The third-order valence-corrected chi connectivity index (χ3v) is 4.26. The van der Waals surface area contributed by atoms with Crippen LogP contribution in [0, 0.1) is 0 Å². The van der Waals surface area contributed by atoms with Crippen molar-refractivity contribution in [2.24, 2.45) is 5.10 Å². The molecule has 0 radical (unpaired) electrons. The van der Waals surface area contributed by atoms with Crippen LogP contribution in [-0.2, 0) is 16.2 Å². The number of rotatable bonds is 7. The van der Waals surface area contributed by atoms with Crippen LogP contribution in [0.25, 0.3) is 0 Å². The maximum absolute atomic E-state index is 11.7. The number of hydrogen-bond acceptors (Lipinski definition) is 5. The molecule has 1 aliphatic rings. The molecule has 3 rings (SSSR count). The molecule has 1 saturated carbocycles. The number of amides is 2. The zero-order chi connectivity index (χ0) is 19.9. The van der Waals surface area contributed by atoms with Gasteiger partial charge in [0.1, 0.15) is 6.61 Å². The fourth-order valence-electron chi connectivity index (χ4n) is 2.38. The molecular formula is C20H20ClN3O4. The number of nitrogens with one attached hydrogen (secondary N) is 2. The first-order chi connectivity index (χ1) is 13.6. The quantitative estimate of drug-likeness (QED) is 0.424. The molecule has 0 heterocycles. The van der Waals surface area contributed by atoms with Gasteiger partial charge < -0.3 is 14.8 Å². The van der Waals surface area contributed by atoms with Crippen molar-refractivity contribution in [2.45, 2.75) is 25.5 Å². The Bertz CT molecular complexity index is 883. The summed E-state index contributed by atoms with van der Waals surface area (Å²) in [5.41, 5.74) is 3.76. The Kier molecular flexibility index (Phi) is 6.49. The smallest absolute Gasteiger partial charge is 0.329 e. The predicted octanol–water partition coefficient (Wildman–Crippen LogP) is 2.66. The average Bonchev–Trinajstić information content (AvgIpc) is 3.51. The first-order valence-electron chi connectivity index (χ1n) is 8.75. The van der Waals surface area contributed by atoms with Crippen LogP contribution in [-0.4, -0.2) is 31.2 Å². The number of carbonyl (C=O) groups is 2. The molecule has 2 aromatic rings. The zero-order valence-electron chi connectivity index (χ0n) is 15.3. The molecule has 0 saturated heterocycles. The van der Waals surface area contributed by atoms with E-state index in [4.69, 9.17) is 21.1 Å². The lowest BCUT2D eigenvalue weighted by Gasteiger charge is -2.13. The summed E-state index contributed by atoms with van der Waals surface area (Å²) in [5.74, 6) is -0.662. The topological polar surface area (TPSA) is 89.0 Å². The summed E-state index contributed by atoms with van der Waals surface area (Å²) < 4.78 is 11.1. The molecule has 0 aliphatic heterocycles. The fourth-order valence-corrected chi connectivity index (χ4v) is 2.65. The molecule has 2 amide bonds. The van der Waals surface area contributed by atoms with Gasteiger partial charge in [-0.1, -0.05) is 41.9 Å². The highest BCUT2D eigenvalue weighted by Crippen LogP contribution is 2.36. The summed E-state index contributed by atoms with van der Waals surface area (Å²) in [4.78, 5) is 23.2. The van der Waals surface area contributed by atoms with Crippen LogP contribution < -0.4 is 20.2 Å². The van der Waals surface area contributed by atoms with Gasteiger partial charge in [-0.2, -0.15) is 5.10 Å². The molecule has 146 valence electrons. The second-order valence-electron chi connectivity index (χ2n) is 6.26. The van der Waals surface area contributed by atoms with E-state index in [0.29, 0.717) is 28.7 Å². The van der Waals surface area contributed by atoms with Gasteiger partial charge in [-0.05, 0) is 36.1 Å². The van der Waals surface area contributed by atoms with E-state index in [1.165, 1.54) is 13.3 Å². The molecule has 1 fully saturated rings. The van der Waals surface area contributed by atoms with Gasteiger partial charge in [0.25, 0.3) is 0 Å². The number of halogens is 1. The lowest BCUT2D eigenvalue weighted by atomic mass is 10.2. The summed E-state index contributed by atoms with van der Waals surface area (Å²) in [6.45, 7) is 0.344. The molecule has 0 unspecified atom stereocenters. The lowest BCUT2D eigenvalue weighted by molar-refractivity contribution is -0.139. The van der Waals surface area contributed by atoms with Crippen molar-refractivity contribution in [1.29, 1.82) is 0 Å². The Hall–Kier alpha value is -3.06. The van der Waals surface area contributed by atoms with E-state index in [1.54, 1.807) is 12.1 Å². The third-order valence-electron chi connectivity index (χ3n) is 3.98. The number of carbonyl (C=O) groups excluding carboxylic acids is 2. The van der Waals surface area contributed by atoms with Crippen molar-refractivity contribution in [1.82, 2.24) is 10.7 Å². The summed E-state index contributed by atoms with van der Waals surface area (Å²) >= 11 is 6.32. The van der Waals surface area contributed by atoms with Crippen LogP contribution in [0.15, 0.2) is 47.6 Å². The van der Waals surface area contributed by atoms with Gasteiger partial charge in [0.15, 0.2) is 11.5 Å². The van der Waals surface area contributed by atoms with Gasteiger partial charge in [-0.25, -0.2) is 5.43 Å². The summed E-state index contributed by atoms with van der Waals surface area (Å²) in [5, 5.41) is 6.71. The number of ether oxygens (including phenoxy) is 2. The monoisotopic (exact) mass is 401 g/mol. The van der Waals surface area contributed by atoms with Crippen molar-refractivity contribution in [2.75, 3.05) is 7.11 Å². The van der Waals surface area contributed by atoms with Gasteiger partial charge in [0.05, 0.1) is 18.3 Å². The standard InChI is InChI=1S/C20H20ClN3O4/c1-27-17-10-14(11-22-24-20(26)19(25)23-15-7-8-15)9-16(21)18(17)28-12-13-5-3-2-4-6-13/h2-6,9-11,15H,7-8,12H2,1H3,(H,23,25)(H,24,26)/b22-11-. The molecule has 2 aromatic carbocycles. The highest BCUT2D eigenvalue weighted by molar-refractivity contribution is 6.35. The second kappa shape index (κ2) is 9.23. The number of benzene rings is 2. The van der Waals surface area contributed by atoms with E-state index >= 15 is 0 Å². The molecule has 0 bridgehead atoms. The fraction of sp³-hybridized carbons (Fsp3) is 0.250.